The summed E-state index contributed by atoms with van der Waals surface area (Å²) >= 11 is 0. The van der Waals surface area contributed by atoms with Gasteiger partial charge in [-0.15, -0.1) is 0 Å². The Morgan fingerprint density at radius 2 is 2.00 bits per heavy atom. The Hall–Kier alpha value is -0.162. The van der Waals surface area contributed by atoms with Gasteiger partial charge in [-0.1, -0.05) is 12.1 Å². The summed E-state index contributed by atoms with van der Waals surface area (Å²) < 4.78 is 12.2. The van der Waals surface area contributed by atoms with Crippen molar-refractivity contribution in [2.45, 2.75) is 6.92 Å². The molecular weight excluding hydrogens is 287 g/mol. The molecule has 0 saturated carbocycles. The Morgan fingerprint density at radius 3 is 2.33 bits per heavy atom. The molecule has 0 spiro atoms. The Morgan fingerprint density at radius 1 is 1.33 bits per heavy atom. The van der Waals surface area contributed by atoms with Crippen LogP contribution in [0.25, 0.3) is 0 Å². The van der Waals surface area contributed by atoms with E-state index in [1.807, 2.05) is 13.0 Å². The van der Waals surface area contributed by atoms with Crippen molar-refractivity contribution in [1.82, 2.24) is 0 Å². The first-order valence-electron chi connectivity index (χ1n) is 2.51. The molecule has 48 valence electrons. The molecule has 0 heterocycles. The Bertz CT molecular complexity index is 169. The fourth-order valence-electron chi connectivity index (χ4n) is 0.606. The molecule has 0 nitrogen and oxygen atoms in total. The van der Waals surface area contributed by atoms with Gasteiger partial charge in [-0.2, -0.15) is 0 Å². The van der Waals surface area contributed by atoms with Crippen molar-refractivity contribution < 1.29 is 25.5 Å². The van der Waals surface area contributed by atoms with Crippen molar-refractivity contribution in [3.63, 3.8) is 0 Å². The standard InChI is InChI=1S/C7H7F.W/c1-6-3-2-4-7(8)5-6;/h2-5H,1H3;. The van der Waals surface area contributed by atoms with Crippen LogP contribution in [0.4, 0.5) is 4.39 Å². The van der Waals surface area contributed by atoms with E-state index in [9.17, 15) is 4.39 Å². The molecule has 0 aromatic heterocycles. The second-order valence-corrected chi connectivity index (χ2v) is 1.80. The number of hydrogen-bond donors (Lipinski definition) is 0. The monoisotopic (exact) mass is 294 g/mol. The zero-order valence-electron chi connectivity index (χ0n) is 5.10. The molecular formula is C7H7FW. The minimum atomic E-state index is -0.162. The number of rotatable bonds is 0. The maximum Gasteiger partial charge on any atom is 0.123 e. The zero-order chi connectivity index (χ0) is 5.98. The van der Waals surface area contributed by atoms with Crippen LogP contribution in [0, 0.1) is 12.7 Å². The van der Waals surface area contributed by atoms with Crippen molar-refractivity contribution in [2.24, 2.45) is 0 Å². The molecule has 0 aliphatic heterocycles. The molecule has 0 radical (unpaired) electrons. The van der Waals surface area contributed by atoms with Crippen LogP contribution in [0.5, 0.6) is 0 Å². The molecule has 0 atom stereocenters. The molecule has 0 aliphatic carbocycles. The number of hydrogen-bond acceptors (Lipinski definition) is 0. The van der Waals surface area contributed by atoms with Crippen LogP contribution in [0.2, 0.25) is 0 Å². The predicted molar refractivity (Wildman–Crippen MR) is 31.1 cm³/mol. The van der Waals surface area contributed by atoms with Gasteiger partial charge in [0.2, 0.25) is 0 Å². The van der Waals surface area contributed by atoms with E-state index in [4.69, 9.17) is 0 Å². The van der Waals surface area contributed by atoms with Gasteiger partial charge in [-0.25, -0.2) is 4.39 Å². The van der Waals surface area contributed by atoms with E-state index >= 15 is 0 Å². The summed E-state index contributed by atoms with van der Waals surface area (Å²) in [6.07, 6.45) is 0. The van der Waals surface area contributed by atoms with Crippen LogP contribution in [0.1, 0.15) is 5.56 Å². The molecule has 2 heteroatoms. The topological polar surface area (TPSA) is 0 Å². The van der Waals surface area contributed by atoms with E-state index in [2.05, 4.69) is 0 Å². The molecule has 9 heavy (non-hydrogen) atoms. The number of aryl methyl sites for hydroxylation is 1. The van der Waals surface area contributed by atoms with Crippen LogP contribution in [0.3, 0.4) is 0 Å². The molecule has 1 rings (SSSR count). The van der Waals surface area contributed by atoms with Crippen molar-refractivity contribution in [3.05, 3.63) is 35.6 Å². The SMILES string of the molecule is Cc1cccc(F)c1.[W]. The Balaban J connectivity index is 0.000000640. The third kappa shape index (κ3) is 2.76. The summed E-state index contributed by atoms with van der Waals surface area (Å²) in [6, 6.07) is 6.50. The van der Waals surface area contributed by atoms with Crippen LogP contribution >= 0.6 is 0 Å². The Kier molecular flexibility index (Phi) is 3.72. The summed E-state index contributed by atoms with van der Waals surface area (Å²) in [7, 11) is 0. The fourth-order valence-corrected chi connectivity index (χ4v) is 0.606. The van der Waals surface area contributed by atoms with Gasteiger partial charge < -0.3 is 0 Å². The smallest absolute Gasteiger partial charge is 0.123 e. The number of benzene rings is 1. The van der Waals surface area contributed by atoms with Crippen LogP contribution < -0.4 is 0 Å². The molecule has 0 bridgehead atoms. The van der Waals surface area contributed by atoms with Gasteiger partial charge in [0.1, 0.15) is 5.82 Å². The van der Waals surface area contributed by atoms with Crippen LogP contribution in [-0.2, 0) is 21.1 Å². The van der Waals surface area contributed by atoms with E-state index in [0.29, 0.717) is 0 Å². The van der Waals surface area contributed by atoms with E-state index in [1.165, 1.54) is 12.1 Å². The largest absolute Gasteiger partial charge is 0.207 e. The molecule has 0 fully saturated rings. The molecule has 1 aromatic rings. The minimum absolute atomic E-state index is 0. The molecule has 0 N–H and O–H groups in total. The van der Waals surface area contributed by atoms with Crippen molar-refractivity contribution in [2.75, 3.05) is 0 Å². The third-order valence-electron chi connectivity index (χ3n) is 0.980. The van der Waals surface area contributed by atoms with Crippen molar-refractivity contribution >= 4 is 0 Å². The van der Waals surface area contributed by atoms with E-state index in [1.54, 1.807) is 6.07 Å². The predicted octanol–water partition coefficient (Wildman–Crippen LogP) is 2.13. The van der Waals surface area contributed by atoms with Gasteiger partial charge in [0.15, 0.2) is 0 Å². The van der Waals surface area contributed by atoms with Gasteiger partial charge in [-0.3, -0.25) is 0 Å². The van der Waals surface area contributed by atoms with E-state index < -0.39 is 0 Å². The molecule has 0 saturated heterocycles. The minimum Gasteiger partial charge on any atom is -0.207 e. The maximum atomic E-state index is 12.2. The van der Waals surface area contributed by atoms with Gasteiger partial charge in [0.05, 0.1) is 0 Å². The molecule has 0 unspecified atom stereocenters. The average molecular weight is 294 g/mol. The normalized spacial score (nSPS) is 8.22. The first-order chi connectivity index (χ1) is 3.79. The number of halogens is 1. The average Bonchev–Trinajstić information content (AvgIpc) is 1.64. The van der Waals surface area contributed by atoms with Gasteiger partial charge in [-0.05, 0) is 24.6 Å². The molecule has 1 aromatic carbocycles. The quantitative estimate of drug-likeness (QED) is 0.687. The Labute approximate surface area is 68.3 Å². The summed E-state index contributed by atoms with van der Waals surface area (Å²) in [6.45, 7) is 1.86. The zero-order valence-corrected chi connectivity index (χ0v) is 8.03. The van der Waals surface area contributed by atoms with Crippen molar-refractivity contribution in [1.29, 1.82) is 0 Å². The summed E-state index contributed by atoms with van der Waals surface area (Å²) in [4.78, 5) is 0. The second kappa shape index (κ2) is 3.79. The first kappa shape index (κ1) is 8.84. The van der Waals surface area contributed by atoms with Gasteiger partial charge in [0.25, 0.3) is 0 Å². The molecule has 0 amide bonds. The summed E-state index contributed by atoms with van der Waals surface area (Å²) in [5, 5.41) is 0. The fraction of sp³-hybridized carbons (Fsp3) is 0.143. The maximum absolute atomic E-state index is 12.2. The summed E-state index contributed by atoms with van der Waals surface area (Å²) in [5.74, 6) is -0.162. The second-order valence-electron chi connectivity index (χ2n) is 1.80. The van der Waals surface area contributed by atoms with Crippen LogP contribution in [-0.4, -0.2) is 0 Å². The van der Waals surface area contributed by atoms with E-state index in [-0.39, 0.29) is 26.9 Å². The van der Waals surface area contributed by atoms with Crippen LogP contribution in [0.15, 0.2) is 24.3 Å². The third-order valence-corrected chi connectivity index (χ3v) is 0.980. The summed E-state index contributed by atoms with van der Waals surface area (Å²) in [5.41, 5.74) is 0.963. The van der Waals surface area contributed by atoms with E-state index in [0.717, 1.165) is 5.56 Å². The van der Waals surface area contributed by atoms with Gasteiger partial charge in [0, 0.05) is 21.1 Å². The molecule has 0 aliphatic rings. The van der Waals surface area contributed by atoms with Crippen molar-refractivity contribution in [3.8, 4) is 0 Å². The van der Waals surface area contributed by atoms with Gasteiger partial charge >= 0.3 is 0 Å². The first-order valence-corrected chi connectivity index (χ1v) is 2.51.